The number of aromatic amines is 1. The Labute approximate surface area is 141 Å². The fourth-order valence-corrected chi connectivity index (χ4v) is 2.57. The molecular formula is C16H13F2N3O2S. The summed E-state index contributed by atoms with van der Waals surface area (Å²) in [7, 11) is 3.02. The van der Waals surface area contributed by atoms with E-state index in [1.807, 2.05) is 0 Å². The Morgan fingerprint density at radius 1 is 1.08 bits per heavy atom. The highest BCUT2D eigenvalue weighted by atomic mass is 32.1. The van der Waals surface area contributed by atoms with E-state index in [4.69, 9.17) is 21.7 Å². The van der Waals surface area contributed by atoms with E-state index in [9.17, 15) is 8.78 Å². The van der Waals surface area contributed by atoms with Gasteiger partial charge in [0.15, 0.2) is 10.6 Å². The molecule has 1 aromatic heterocycles. The van der Waals surface area contributed by atoms with Gasteiger partial charge < -0.3 is 9.47 Å². The van der Waals surface area contributed by atoms with Crippen LogP contribution in [0.15, 0.2) is 36.4 Å². The number of halogens is 2. The second-order valence-corrected chi connectivity index (χ2v) is 5.24. The zero-order chi connectivity index (χ0) is 17.3. The summed E-state index contributed by atoms with van der Waals surface area (Å²) in [5.41, 5.74) is 0.474. The minimum Gasteiger partial charge on any atom is -0.497 e. The number of hydrogen-bond acceptors (Lipinski definition) is 4. The topological polar surface area (TPSA) is 52.1 Å². The third-order valence-electron chi connectivity index (χ3n) is 3.47. The number of nitrogens with one attached hydrogen (secondary N) is 1. The number of hydrogen-bond donors (Lipinski definition) is 1. The quantitative estimate of drug-likeness (QED) is 0.726. The Balaban J connectivity index is 2.30. The van der Waals surface area contributed by atoms with E-state index in [-0.39, 0.29) is 16.2 Å². The Bertz CT molecular complexity index is 953. The van der Waals surface area contributed by atoms with Crippen molar-refractivity contribution in [3.05, 3.63) is 52.8 Å². The molecule has 2 aromatic carbocycles. The van der Waals surface area contributed by atoms with Crippen molar-refractivity contribution in [1.29, 1.82) is 0 Å². The number of benzene rings is 2. The first kappa shape index (κ1) is 16.1. The van der Waals surface area contributed by atoms with Gasteiger partial charge in [-0.1, -0.05) is 0 Å². The summed E-state index contributed by atoms with van der Waals surface area (Å²) in [5, 5.41) is 6.64. The minimum atomic E-state index is -0.617. The molecule has 0 unspecified atom stereocenters. The number of ether oxygens (including phenoxy) is 2. The van der Waals surface area contributed by atoms with Gasteiger partial charge in [-0.3, -0.25) is 9.67 Å². The molecule has 3 aromatic rings. The zero-order valence-electron chi connectivity index (χ0n) is 12.8. The van der Waals surface area contributed by atoms with Crippen molar-refractivity contribution in [2.45, 2.75) is 0 Å². The van der Waals surface area contributed by atoms with Gasteiger partial charge in [-0.05, 0) is 42.5 Å². The Hall–Kier alpha value is -2.74. The van der Waals surface area contributed by atoms with Crippen LogP contribution in [0.3, 0.4) is 0 Å². The number of nitrogens with zero attached hydrogens (tertiary/aromatic N) is 2. The van der Waals surface area contributed by atoms with Gasteiger partial charge in [-0.2, -0.15) is 5.10 Å². The highest BCUT2D eigenvalue weighted by Gasteiger charge is 2.18. The van der Waals surface area contributed by atoms with Crippen LogP contribution in [-0.2, 0) is 0 Å². The molecule has 0 atom stereocenters. The summed E-state index contributed by atoms with van der Waals surface area (Å²) in [4.78, 5) is 0. The second-order valence-electron chi connectivity index (χ2n) is 4.85. The Morgan fingerprint density at radius 3 is 2.58 bits per heavy atom. The van der Waals surface area contributed by atoms with Crippen LogP contribution in [0.4, 0.5) is 8.78 Å². The predicted molar refractivity (Wildman–Crippen MR) is 87.2 cm³/mol. The van der Waals surface area contributed by atoms with E-state index in [0.29, 0.717) is 17.2 Å². The van der Waals surface area contributed by atoms with Crippen LogP contribution >= 0.6 is 12.2 Å². The average molecular weight is 349 g/mol. The first-order valence-electron chi connectivity index (χ1n) is 6.90. The summed E-state index contributed by atoms with van der Waals surface area (Å²) in [6.45, 7) is 0. The van der Waals surface area contributed by atoms with Crippen molar-refractivity contribution >= 4 is 12.2 Å². The van der Waals surface area contributed by atoms with Crippen LogP contribution in [0.2, 0.25) is 0 Å². The van der Waals surface area contributed by atoms with Gasteiger partial charge in [0.25, 0.3) is 0 Å². The molecule has 0 saturated heterocycles. The van der Waals surface area contributed by atoms with Gasteiger partial charge in [-0.25, -0.2) is 8.78 Å². The molecule has 8 heteroatoms. The van der Waals surface area contributed by atoms with Gasteiger partial charge in [0.2, 0.25) is 0 Å². The normalized spacial score (nSPS) is 10.7. The maximum atomic E-state index is 14.2. The van der Waals surface area contributed by atoms with Gasteiger partial charge in [0.05, 0.1) is 25.5 Å². The number of aromatic nitrogens is 3. The third kappa shape index (κ3) is 2.76. The van der Waals surface area contributed by atoms with Crippen LogP contribution < -0.4 is 9.47 Å². The van der Waals surface area contributed by atoms with Crippen molar-refractivity contribution in [3.63, 3.8) is 0 Å². The molecule has 0 aliphatic heterocycles. The van der Waals surface area contributed by atoms with Crippen LogP contribution in [0.25, 0.3) is 17.1 Å². The highest BCUT2D eigenvalue weighted by Crippen LogP contribution is 2.32. The molecule has 0 aliphatic rings. The SMILES string of the molecule is COc1ccc(OC)c(-n2c(-c3cc(F)ccc3F)n[nH]c2=S)c1. The first-order chi connectivity index (χ1) is 11.5. The zero-order valence-corrected chi connectivity index (χ0v) is 13.7. The molecule has 0 bridgehead atoms. The molecule has 0 aliphatic carbocycles. The molecule has 24 heavy (non-hydrogen) atoms. The van der Waals surface area contributed by atoms with Crippen molar-refractivity contribution in [2.75, 3.05) is 14.2 Å². The lowest BCUT2D eigenvalue weighted by atomic mass is 10.2. The number of H-pyrrole nitrogens is 1. The van der Waals surface area contributed by atoms with Gasteiger partial charge in [0, 0.05) is 6.07 Å². The number of methoxy groups -OCH3 is 2. The summed E-state index contributed by atoms with van der Waals surface area (Å²) in [5.74, 6) is -0.0348. The van der Waals surface area contributed by atoms with Crippen LogP contribution in [0.5, 0.6) is 11.5 Å². The van der Waals surface area contributed by atoms with Crippen molar-refractivity contribution in [3.8, 4) is 28.6 Å². The lowest BCUT2D eigenvalue weighted by molar-refractivity contribution is 0.401. The molecule has 124 valence electrons. The molecule has 0 radical (unpaired) electrons. The summed E-state index contributed by atoms with van der Waals surface area (Å²) in [6.07, 6.45) is 0. The molecule has 3 rings (SSSR count). The maximum Gasteiger partial charge on any atom is 0.200 e. The average Bonchev–Trinajstić information content (AvgIpc) is 2.97. The second kappa shape index (κ2) is 6.40. The van der Waals surface area contributed by atoms with E-state index in [2.05, 4.69) is 10.2 Å². The summed E-state index contributed by atoms with van der Waals surface area (Å²) < 4.78 is 39.9. The molecule has 0 saturated carbocycles. The Morgan fingerprint density at radius 2 is 1.88 bits per heavy atom. The highest BCUT2D eigenvalue weighted by molar-refractivity contribution is 7.71. The lowest BCUT2D eigenvalue weighted by Gasteiger charge is -2.13. The number of rotatable bonds is 4. The first-order valence-corrected chi connectivity index (χ1v) is 7.31. The fourth-order valence-electron chi connectivity index (χ4n) is 2.34. The van der Waals surface area contributed by atoms with E-state index < -0.39 is 11.6 Å². The largest absolute Gasteiger partial charge is 0.497 e. The van der Waals surface area contributed by atoms with Gasteiger partial charge >= 0.3 is 0 Å². The molecule has 5 nitrogen and oxygen atoms in total. The van der Waals surface area contributed by atoms with Crippen molar-refractivity contribution < 1.29 is 18.3 Å². The van der Waals surface area contributed by atoms with Crippen molar-refractivity contribution in [1.82, 2.24) is 14.8 Å². The lowest BCUT2D eigenvalue weighted by Crippen LogP contribution is -2.03. The molecule has 0 amide bonds. The molecule has 0 fully saturated rings. The van der Waals surface area contributed by atoms with Crippen LogP contribution in [0.1, 0.15) is 0 Å². The van der Waals surface area contributed by atoms with E-state index in [0.717, 1.165) is 18.2 Å². The monoisotopic (exact) mass is 349 g/mol. The smallest absolute Gasteiger partial charge is 0.200 e. The van der Waals surface area contributed by atoms with Gasteiger partial charge in [0.1, 0.15) is 23.1 Å². The van der Waals surface area contributed by atoms with E-state index in [1.54, 1.807) is 18.2 Å². The summed E-state index contributed by atoms with van der Waals surface area (Å²) in [6, 6.07) is 8.21. The van der Waals surface area contributed by atoms with E-state index in [1.165, 1.54) is 18.8 Å². The van der Waals surface area contributed by atoms with Crippen molar-refractivity contribution in [2.24, 2.45) is 0 Å². The summed E-state index contributed by atoms with van der Waals surface area (Å²) >= 11 is 5.25. The van der Waals surface area contributed by atoms with Crippen LogP contribution in [0, 0.1) is 16.4 Å². The predicted octanol–water partition coefficient (Wildman–Crippen LogP) is 3.89. The molecule has 1 heterocycles. The minimum absolute atomic E-state index is 0.0211. The Kier molecular flexibility index (Phi) is 4.30. The molecule has 0 spiro atoms. The maximum absolute atomic E-state index is 14.2. The third-order valence-corrected chi connectivity index (χ3v) is 3.74. The van der Waals surface area contributed by atoms with E-state index >= 15 is 0 Å². The molecule has 1 N–H and O–H groups in total. The standard InChI is InChI=1S/C16H13F2N3O2S/c1-22-10-4-6-14(23-2)13(8-10)21-15(19-20-16(21)24)11-7-9(17)3-5-12(11)18/h3-8H,1-2H3,(H,20,24). The fraction of sp³-hybridized carbons (Fsp3) is 0.125. The van der Waals surface area contributed by atoms with Crippen LogP contribution in [-0.4, -0.2) is 29.0 Å². The molecular weight excluding hydrogens is 336 g/mol. The van der Waals surface area contributed by atoms with Gasteiger partial charge in [-0.15, -0.1) is 0 Å².